The molecule has 2 saturated carbocycles. The van der Waals surface area contributed by atoms with Gasteiger partial charge < -0.3 is 15.3 Å². The van der Waals surface area contributed by atoms with Gasteiger partial charge in [-0.15, -0.1) is 0 Å². The van der Waals surface area contributed by atoms with Crippen molar-refractivity contribution in [3.05, 3.63) is 35.9 Å². The Balaban J connectivity index is 1.55. The van der Waals surface area contributed by atoms with Gasteiger partial charge in [0.25, 0.3) is 0 Å². The summed E-state index contributed by atoms with van der Waals surface area (Å²) in [5.41, 5.74) is 0.808. The lowest BCUT2D eigenvalue weighted by Crippen LogP contribution is -2.51. The molecule has 4 unspecified atom stereocenters. The fraction of sp³-hybridized carbons (Fsp3) is 0.727. The molecule has 1 aliphatic heterocycles. The van der Waals surface area contributed by atoms with Gasteiger partial charge in [-0.1, -0.05) is 56.0 Å². The van der Waals surface area contributed by atoms with Crippen molar-refractivity contribution < 1.29 is 5.11 Å². The van der Waals surface area contributed by atoms with Crippen molar-refractivity contribution in [1.82, 2.24) is 10.2 Å². The number of hydrogen-bond donors (Lipinski definition) is 2. The molecule has 2 aliphatic carbocycles. The number of nitrogens with zero attached hydrogens (tertiary/aromatic N) is 1. The number of piperazine rings is 1. The van der Waals surface area contributed by atoms with Gasteiger partial charge >= 0.3 is 0 Å². The van der Waals surface area contributed by atoms with Crippen LogP contribution < -0.4 is 5.32 Å². The summed E-state index contributed by atoms with van der Waals surface area (Å²) in [5, 5.41) is 15.3. The Hall–Kier alpha value is -0.900. The van der Waals surface area contributed by atoms with E-state index in [0.29, 0.717) is 0 Å². The van der Waals surface area contributed by atoms with E-state index in [4.69, 9.17) is 0 Å². The molecule has 0 bridgehead atoms. The van der Waals surface area contributed by atoms with Crippen LogP contribution in [0.4, 0.5) is 0 Å². The standard InChI is InChI=1S/C22H34N2O/c25-22(11-10-18-6-4-5-9-20(18)16-22)21(19-7-2-1-3-8-19)17-24-14-12-23-13-15-24/h1-3,7-8,18,20-21,23,25H,4-6,9-17H2. The predicted octanol–water partition coefficient (Wildman–Crippen LogP) is 3.40. The van der Waals surface area contributed by atoms with Crippen LogP contribution in [0, 0.1) is 11.8 Å². The average Bonchev–Trinajstić information content (AvgIpc) is 2.67. The molecule has 3 nitrogen and oxygen atoms in total. The van der Waals surface area contributed by atoms with Crippen LogP contribution in [0.15, 0.2) is 30.3 Å². The highest BCUT2D eigenvalue weighted by Gasteiger charge is 2.45. The lowest BCUT2D eigenvalue weighted by atomic mass is 9.61. The van der Waals surface area contributed by atoms with E-state index in [1.165, 1.54) is 37.7 Å². The fourth-order valence-electron chi connectivity index (χ4n) is 5.66. The summed E-state index contributed by atoms with van der Waals surface area (Å²) in [4.78, 5) is 2.55. The number of aliphatic hydroxyl groups is 1. The molecule has 0 amide bonds. The van der Waals surface area contributed by atoms with E-state index in [0.717, 1.165) is 57.4 Å². The Morgan fingerprint density at radius 3 is 2.52 bits per heavy atom. The highest BCUT2D eigenvalue weighted by molar-refractivity contribution is 5.24. The van der Waals surface area contributed by atoms with Gasteiger partial charge in [-0.2, -0.15) is 0 Å². The quantitative estimate of drug-likeness (QED) is 0.880. The second kappa shape index (κ2) is 7.77. The molecule has 2 N–H and O–H groups in total. The van der Waals surface area contributed by atoms with Crippen LogP contribution in [0.25, 0.3) is 0 Å². The molecular weight excluding hydrogens is 308 g/mol. The number of nitrogens with one attached hydrogen (secondary N) is 1. The summed E-state index contributed by atoms with van der Waals surface area (Å²) in [6, 6.07) is 10.8. The Bertz CT molecular complexity index is 542. The highest BCUT2D eigenvalue weighted by Crippen LogP contribution is 2.49. The van der Waals surface area contributed by atoms with Gasteiger partial charge in [-0.3, -0.25) is 0 Å². The lowest BCUT2D eigenvalue weighted by molar-refractivity contribution is -0.0711. The Morgan fingerprint density at radius 1 is 1.04 bits per heavy atom. The normalized spacial score (nSPS) is 35.1. The van der Waals surface area contributed by atoms with Gasteiger partial charge in [0, 0.05) is 38.6 Å². The molecule has 1 heterocycles. The van der Waals surface area contributed by atoms with Crippen molar-refractivity contribution in [1.29, 1.82) is 0 Å². The molecule has 0 spiro atoms. The highest BCUT2D eigenvalue weighted by atomic mass is 16.3. The minimum Gasteiger partial charge on any atom is -0.389 e. The van der Waals surface area contributed by atoms with Gasteiger partial charge in [0.2, 0.25) is 0 Å². The zero-order valence-corrected chi connectivity index (χ0v) is 15.5. The lowest BCUT2D eigenvalue weighted by Gasteiger charge is -2.48. The van der Waals surface area contributed by atoms with Crippen molar-refractivity contribution in [3.63, 3.8) is 0 Å². The molecule has 138 valence electrons. The zero-order valence-electron chi connectivity index (χ0n) is 15.5. The van der Waals surface area contributed by atoms with Crippen molar-refractivity contribution in [2.45, 2.75) is 56.5 Å². The Labute approximate surface area is 152 Å². The van der Waals surface area contributed by atoms with Crippen molar-refractivity contribution in [3.8, 4) is 0 Å². The molecular formula is C22H34N2O. The first-order valence-electron chi connectivity index (χ1n) is 10.4. The summed E-state index contributed by atoms with van der Waals surface area (Å²) < 4.78 is 0. The first-order chi connectivity index (χ1) is 12.2. The van der Waals surface area contributed by atoms with E-state index in [2.05, 4.69) is 40.5 Å². The predicted molar refractivity (Wildman–Crippen MR) is 103 cm³/mol. The minimum atomic E-state index is -0.523. The topological polar surface area (TPSA) is 35.5 Å². The molecule has 3 heteroatoms. The van der Waals surface area contributed by atoms with Crippen LogP contribution in [0.5, 0.6) is 0 Å². The summed E-state index contributed by atoms with van der Waals surface area (Å²) in [6.45, 7) is 5.35. The maximum Gasteiger partial charge on any atom is 0.0731 e. The molecule has 1 saturated heterocycles. The molecule has 0 aromatic heterocycles. The fourth-order valence-corrected chi connectivity index (χ4v) is 5.66. The molecule has 1 aromatic rings. The summed E-state index contributed by atoms with van der Waals surface area (Å²) in [6.07, 6.45) is 8.74. The third-order valence-electron chi connectivity index (χ3n) is 7.13. The van der Waals surface area contributed by atoms with Crippen molar-refractivity contribution in [2.75, 3.05) is 32.7 Å². The molecule has 1 aromatic carbocycles. The van der Waals surface area contributed by atoms with E-state index in [1.807, 2.05) is 0 Å². The van der Waals surface area contributed by atoms with Crippen LogP contribution in [-0.2, 0) is 0 Å². The van der Waals surface area contributed by atoms with E-state index in [9.17, 15) is 5.11 Å². The second-order valence-electron chi connectivity index (χ2n) is 8.66. The number of fused-ring (bicyclic) bond motifs is 1. The first kappa shape index (κ1) is 17.5. The maximum absolute atomic E-state index is 11.8. The van der Waals surface area contributed by atoms with Crippen LogP contribution in [0.2, 0.25) is 0 Å². The Morgan fingerprint density at radius 2 is 1.76 bits per heavy atom. The number of benzene rings is 1. The molecule has 3 fully saturated rings. The minimum absolute atomic E-state index is 0.245. The second-order valence-corrected chi connectivity index (χ2v) is 8.66. The van der Waals surface area contributed by atoms with E-state index in [1.54, 1.807) is 0 Å². The average molecular weight is 343 g/mol. The van der Waals surface area contributed by atoms with Crippen LogP contribution in [0.1, 0.15) is 56.4 Å². The van der Waals surface area contributed by atoms with Crippen LogP contribution in [0.3, 0.4) is 0 Å². The first-order valence-corrected chi connectivity index (χ1v) is 10.4. The molecule has 4 atom stereocenters. The van der Waals surface area contributed by atoms with E-state index in [-0.39, 0.29) is 5.92 Å². The van der Waals surface area contributed by atoms with Gasteiger partial charge in [0.05, 0.1) is 5.60 Å². The van der Waals surface area contributed by atoms with Gasteiger partial charge in [0.1, 0.15) is 0 Å². The van der Waals surface area contributed by atoms with E-state index < -0.39 is 5.60 Å². The number of rotatable bonds is 4. The largest absolute Gasteiger partial charge is 0.389 e. The zero-order chi connectivity index (χ0) is 17.1. The van der Waals surface area contributed by atoms with Crippen LogP contribution >= 0.6 is 0 Å². The molecule has 0 radical (unpaired) electrons. The van der Waals surface area contributed by atoms with Gasteiger partial charge in [-0.25, -0.2) is 0 Å². The molecule has 3 aliphatic rings. The summed E-state index contributed by atoms with van der Waals surface area (Å²) >= 11 is 0. The van der Waals surface area contributed by atoms with Crippen LogP contribution in [-0.4, -0.2) is 48.3 Å². The monoisotopic (exact) mass is 342 g/mol. The Kier molecular flexibility index (Phi) is 5.44. The molecule has 4 rings (SSSR count). The number of hydrogen-bond acceptors (Lipinski definition) is 3. The van der Waals surface area contributed by atoms with Gasteiger partial charge in [0.15, 0.2) is 0 Å². The summed E-state index contributed by atoms with van der Waals surface area (Å²) in [7, 11) is 0. The molecule has 25 heavy (non-hydrogen) atoms. The van der Waals surface area contributed by atoms with Crippen molar-refractivity contribution >= 4 is 0 Å². The smallest absolute Gasteiger partial charge is 0.0731 e. The SMILES string of the molecule is OC1(C(CN2CCNCC2)c2ccccc2)CCC2CCCCC2C1. The van der Waals surface area contributed by atoms with Crippen molar-refractivity contribution in [2.24, 2.45) is 11.8 Å². The van der Waals surface area contributed by atoms with E-state index >= 15 is 0 Å². The third-order valence-corrected chi connectivity index (χ3v) is 7.13. The summed E-state index contributed by atoms with van der Waals surface area (Å²) in [5.74, 6) is 1.88. The maximum atomic E-state index is 11.8. The third kappa shape index (κ3) is 3.94. The van der Waals surface area contributed by atoms with Gasteiger partial charge in [-0.05, 0) is 36.7 Å².